The summed E-state index contributed by atoms with van der Waals surface area (Å²) in [6, 6.07) is 8.58. The van der Waals surface area contributed by atoms with Crippen LogP contribution >= 0.6 is 22.9 Å². The molecular formula is C12H11ClFNS. The maximum atomic E-state index is 13.0. The summed E-state index contributed by atoms with van der Waals surface area (Å²) in [4.78, 5) is 2.49. The first-order valence-corrected chi connectivity index (χ1v) is 6.08. The topological polar surface area (TPSA) is 12.0 Å². The van der Waals surface area contributed by atoms with Gasteiger partial charge in [-0.1, -0.05) is 11.6 Å². The van der Waals surface area contributed by atoms with Crippen molar-refractivity contribution in [1.82, 2.24) is 0 Å². The molecule has 1 nitrogen and oxygen atoms in total. The lowest BCUT2D eigenvalue weighted by Gasteiger charge is -2.05. The van der Waals surface area contributed by atoms with Crippen molar-refractivity contribution in [3.8, 4) is 0 Å². The number of anilines is 1. The first kappa shape index (κ1) is 11.4. The highest BCUT2D eigenvalue weighted by molar-refractivity contribution is 7.11. The van der Waals surface area contributed by atoms with Crippen molar-refractivity contribution in [1.29, 1.82) is 0 Å². The number of aryl methyl sites for hydroxylation is 1. The monoisotopic (exact) mass is 255 g/mol. The lowest BCUT2D eigenvalue weighted by Crippen LogP contribution is -1.97. The van der Waals surface area contributed by atoms with Crippen LogP contribution in [-0.4, -0.2) is 0 Å². The summed E-state index contributed by atoms with van der Waals surface area (Å²) in [7, 11) is 0. The Morgan fingerprint density at radius 3 is 2.75 bits per heavy atom. The smallest absolute Gasteiger partial charge is 0.126 e. The van der Waals surface area contributed by atoms with Crippen LogP contribution in [-0.2, 0) is 6.54 Å². The number of thiophene rings is 1. The number of benzene rings is 1. The summed E-state index contributed by atoms with van der Waals surface area (Å²) < 4.78 is 13.0. The van der Waals surface area contributed by atoms with Crippen molar-refractivity contribution in [2.24, 2.45) is 0 Å². The number of halogens is 2. The first-order valence-electron chi connectivity index (χ1n) is 4.89. The van der Waals surface area contributed by atoms with Crippen LogP contribution in [0.25, 0.3) is 0 Å². The fraction of sp³-hybridized carbons (Fsp3) is 0.167. The molecule has 1 N–H and O–H groups in total. The first-order chi connectivity index (χ1) is 7.63. The summed E-state index contributed by atoms with van der Waals surface area (Å²) in [5, 5.41) is 3.55. The molecule has 0 aliphatic heterocycles. The molecule has 0 fully saturated rings. The molecule has 0 atom stereocenters. The maximum Gasteiger partial charge on any atom is 0.126 e. The van der Waals surface area contributed by atoms with Gasteiger partial charge in [0.05, 0.1) is 0 Å². The fourth-order valence-corrected chi connectivity index (χ4v) is 2.48. The van der Waals surface area contributed by atoms with Gasteiger partial charge in [0.25, 0.3) is 0 Å². The van der Waals surface area contributed by atoms with Gasteiger partial charge in [0.1, 0.15) is 5.82 Å². The van der Waals surface area contributed by atoms with Gasteiger partial charge < -0.3 is 5.32 Å². The molecule has 0 radical (unpaired) electrons. The van der Waals surface area contributed by atoms with E-state index in [0.717, 1.165) is 0 Å². The van der Waals surface area contributed by atoms with Crippen LogP contribution in [0.15, 0.2) is 30.3 Å². The van der Waals surface area contributed by atoms with Crippen LogP contribution in [0.1, 0.15) is 9.75 Å². The maximum absolute atomic E-state index is 13.0. The molecule has 1 heterocycles. The molecule has 0 aliphatic rings. The molecule has 0 saturated heterocycles. The van der Waals surface area contributed by atoms with Crippen molar-refractivity contribution in [3.05, 3.63) is 50.9 Å². The summed E-state index contributed by atoms with van der Waals surface area (Å²) in [6.45, 7) is 2.76. The van der Waals surface area contributed by atoms with E-state index < -0.39 is 0 Å². The standard InChI is InChI=1S/C12H11ClFNS/c1-8-2-3-12(16-8)7-15-11-5-9(13)4-10(14)6-11/h2-6,15H,7H2,1H3. The van der Waals surface area contributed by atoms with E-state index in [4.69, 9.17) is 11.6 Å². The Bertz CT molecular complexity index is 475. The fourth-order valence-electron chi connectivity index (χ4n) is 1.43. The second-order valence-electron chi connectivity index (χ2n) is 3.52. The molecule has 1 aromatic carbocycles. The van der Waals surface area contributed by atoms with Gasteiger partial charge in [0.15, 0.2) is 0 Å². The highest BCUT2D eigenvalue weighted by atomic mass is 35.5. The van der Waals surface area contributed by atoms with E-state index in [1.165, 1.54) is 21.9 Å². The van der Waals surface area contributed by atoms with E-state index in [0.29, 0.717) is 17.3 Å². The van der Waals surface area contributed by atoms with Crippen LogP contribution in [0.3, 0.4) is 0 Å². The SMILES string of the molecule is Cc1ccc(CNc2cc(F)cc(Cl)c2)s1. The average Bonchev–Trinajstić information content (AvgIpc) is 2.60. The third kappa shape index (κ3) is 2.97. The van der Waals surface area contributed by atoms with Crippen molar-refractivity contribution in [2.75, 3.05) is 5.32 Å². The van der Waals surface area contributed by atoms with Gasteiger partial charge in [-0.25, -0.2) is 4.39 Å². The normalized spacial score (nSPS) is 10.4. The zero-order chi connectivity index (χ0) is 11.5. The summed E-state index contributed by atoms with van der Waals surface area (Å²) in [5.41, 5.74) is 0.705. The van der Waals surface area contributed by atoms with Crippen LogP contribution in [0.5, 0.6) is 0 Å². The zero-order valence-electron chi connectivity index (χ0n) is 8.76. The second-order valence-corrected chi connectivity index (χ2v) is 5.33. The van der Waals surface area contributed by atoms with Crippen LogP contribution in [0, 0.1) is 12.7 Å². The van der Waals surface area contributed by atoms with Crippen LogP contribution < -0.4 is 5.32 Å². The Kier molecular flexibility index (Phi) is 3.46. The van der Waals surface area contributed by atoms with Gasteiger partial charge in [-0.3, -0.25) is 0 Å². The molecule has 0 spiro atoms. The van der Waals surface area contributed by atoms with E-state index in [9.17, 15) is 4.39 Å². The van der Waals surface area contributed by atoms with E-state index in [2.05, 4.69) is 24.4 Å². The molecule has 4 heteroatoms. The van der Waals surface area contributed by atoms with Crippen molar-refractivity contribution < 1.29 is 4.39 Å². The minimum absolute atomic E-state index is 0.322. The van der Waals surface area contributed by atoms with Gasteiger partial charge in [0.2, 0.25) is 0 Å². The molecule has 2 aromatic rings. The van der Waals surface area contributed by atoms with Crippen LogP contribution in [0.2, 0.25) is 5.02 Å². The Hall–Kier alpha value is -1.06. The molecule has 0 saturated carbocycles. The molecule has 1 aromatic heterocycles. The van der Waals surface area contributed by atoms with E-state index in [1.54, 1.807) is 17.4 Å². The second kappa shape index (κ2) is 4.85. The lowest BCUT2D eigenvalue weighted by molar-refractivity contribution is 0.628. The van der Waals surface area contributed by atoms with Gasteiger partial charge in [-0.15, -0.1) is 11.3 Å². The van der Waals surface area contributed by atoms with Gasteiger partial charge in [0, 0.05) is 27.0 Å². The number of nitrogens with one attached hydrogen (secondary N) is 1. The summed E-state index contributed by atoms with van der Waals surface area (Å²) in [6.07, 6.45) is 0. The molecule has 0 amide bonds. The molecule has 0 bridgehead atoms. The Balaban J connectivity index is 2.04. The third-order valence-corrected chi connectivity index (χ3v) is 3.34. The molecular weight excluding hydrogens is 245 g/mol. The summed E-state index contributed by atoms with van der Waals surface area (Å²) in [5.74, 6) is -0.322. The predicted octanol–water partition coefficient (Wildman–Crippen LogP) is 4.46. The molecule has 16 heavy (non-hydrogen) atoms. The molecule has 0 aliphatic carbocycles. The molecule has 0 unspecified atom stereocenters. The van der Waals surface area contributed by atoms with Gasteiger partial charge in [-0.2, -0.15) is 0 Å². The lowest BCUT2D eigenvalue weighted by atomic mass is 10.3. The third-order valence-electron chi connectivity index (χ3n) is 2.13. The van der Waals surface area contributed by atoms with E-state index in [-0.39, 0.29) is 5.82 Å². The Morgan fingerprint density at radius 2 is 2.12 bits per heavy atom. The zero-order valence-corrected chi connectivity index (χ0v) is 10.3. The van der Waals surface area contributed by atoms with E-state index >= 15 is 0 Å². The minimum atomic E-state index is -0.322. The molecule has 2 rings (SSSR count). The summed E-state index contributed by atoms with van der Waals surface area (Å²) >= 11 is 7.48. The van der Waals surface area contributed by atoms with Gasteiger partial charge in [-0.05, 0) is 37.3 Å². The number of hydrogen-bond donors (Lipinski definition) is 1. The Morgan fingerprint density at radius 1 is 1.31 bits per heavy atom. The number of rotatable bonds is 3. The van der Waals surface area contributed by atoms with Crippen LogP contribution in [0.4, 0.5) is 10.1 Å². The van der Waals surface area contributed by atoms with Crippen molar-refractivity contribution in [2.45, 2.75) is 13.5 Å². The van der Waals surface area contributed by atoms with Crippen molar-refractivity contribution in [3.63, 3.8) is 0 Å². The van der Waals surface area contributed by atoms with E-state index in [1.807, 2.05) is 0 Å². The Labute approximate surface area is 103 Å². The highest BCUT2D eigenvalue weighted by Crippen LogP contribution is 2.20. The largest absolute Gasteiger partial charge is 0.380 e. The minimum Gasteiger partial charge on any atom is -0.380 e. The van der Waals surface area contributed by atoms with Crippen molar-refractivity contribution >= 4 is 28.6 Å². The molecule has 84 valence electrons. The average molecular weight is 256 g/mol. The predicted molar refractivity (Wildman–Crippen MR) is 67.8 cm³/mol. The van der Waals surface area contributed by atoms with Gasteiger partial charge >= 0.3 is 0 Å². The highest BCUT2D eigenvalue weighted by Gasteiger charge is 2.00. The number of hydrogen-bond acceptors (Lipinski definition) is 2. The quantitative estimate of drug-likeness (QED) is 0.854.